The summed E-state index contributed by atoms with van der Waals surface area (Å²) in [7, 11) is 1.59. The first kappa shape index (κ1) is 18.3. The Kier molecular flexibility index (Phi) is 3.82. The molecule has 31 heavy (non-hydrogen) atoms. The van der Waals surface area contributed by atoms with Crippen LogP contribution in [0, 0.1) is 11.8 Å². The molecule has 8 heteroatoms. The molecule has 2 amide bonds. The largest absolute Gasteiger partial charge is 0.497 e. The van der Waals surface area contributed by atoms with E-state index in [-0.39, 0.29) is 18.6 Å². The van der Waals surface area contributed by atoms with Crippen LogP contribution in [0.5, 0.6) is 17.2 Å². The zero-order valence-corrected chi connectivity index (χ0v) is 16.7. The number of carbonyl (C=O) groups excluding carboxylic acids is 2. The fourth-order valence-electron chi connectivity index (χ4n) is 4.97. The van der Waals surface area contributed by atoms with E-state index in [1.54, 1.807) is 48.4 Å². The lowest BCUT2D eigenvalue weighted by Gasteiger charge is -2.23. The second kappa shape index (κ2) is 6.49. The van der Waals surface area contributed by atoms with Gasteiger partial charge in [0.1, 0.15) is 11.4 Å². The van der Waals surface area contributed by atoms with E-state index < -0.39 is 23.5 Å². The Labute approximate surface area is 178 Å². The topological polar surface area (TPSA) is 86.3 Å². The highest BCUT2D eigenvalue weighted by molar-refractivity contribution is 6.05. The Morgan fingerprint density at radius 3 is 2.77 bits per heavy atom. The minimum atomic E-state index is -0.792. The second-order valence-corrected chi connectivity index (χ2v) is 8.08. The molecule has 2 fully saturated rings. The van der Waals surface area contributed by atoms with Crippen LogP contribution in [0.4, 0.5) is 11.4 Å². The van der Waals surface area contributed by atoms with Crippen LogP contribution in [0.2, 0.25) is 0 Å². The van der Waals surface area contributed by atoms with Crippen LogP contribution in [0.15, 0.2) is 54.6 Å². The summed E-state index contributed by atoms with van der Waals surface area (Å²) in [5, 5.41) is 2.92. The van der Waals surface area contributed by atoms with Gasteiger partial charge in [-0.3, -0.25) is 9.59 Å². The molecule has 8 nitrogen and oxygen atoms in total. The number of hydrogen-bond acceptors (Lipinski definition) is 6. The molecule has 2 aromatic carbocycles. The third kappa shape index (κ3) is 2.64. The molecule has 2 aromatic rings. The first-order valence-electron chi connectivity index (χ1n) is 10.1. The third-order valence-corrected chi connectivity index (χ3v) is 6.43. The number of nitrogens with zero attached hydrogens (tertiary/aromatic N) is 1. The van der Waals surface area contributed by atoms with E-state index >= 15 is 0 Å². The predicted octanol–water partition coefficient (Wildman–Crippen LogP) is 2.35. The van der Waals surface area contributed by atoms with Crippen molar-refractivity contribution in [3.63, 3.8) is 0 Å². The molecule has 0 aromatic heterocycles. The number of amides is 2. The smallest absolute Gasteiger partial charge is 0.234 e. The zero-order valence-electron chi connectivity index (χ0n) is 16.7. The fraction of sp³-hybridized carbons (Fsp3) is 0.304. The average molecular weight is 420 g/mol. The summed E-state index contributed by atoms with van der Waals surface area (Å²) >= 11 is 0. The number of methoxy groups -OCH3 is 1. The van der Waals surface area contributed by atoms with Gasteiger partial charge in [-0.2, -0.15) is 0 Å². The Morgan fingerprint density at radius 1 is 1.16 bits per heavy atom. The SMILES string of the molecule is COc1ccc(NC(=O)C2C3C=CC4(CN(c5ccc6c(c5)OCO6)C(=O)C24)O3)cc1. The minimum Gasteiger partial charge on any atom is -0.497 e. The van der Waals surface area contributed by atoms with Crippen LogP contribution < -0.4 is 24.4 Å². The van der Waals surface area contributed by atoms with Crippen molar-refractivity contribution < 1.29 is 28.5 Å². The van der Waals surface area contributed by atoms with Crippen LogP contribution in [-0.4, -0.2) is 44.0 Å². The van der Waals surface area contributed by atoms with Crippen LogP contribution in [0.3, 0.4) is 0 Å². The van der Waals surface area contributed by atoms with Gasteiger partial charge >= 0.3 is 0 Å². The van der Waals surface area contributed by atoms with Crippen molar-refractivity contribution in [3.8, 4) is 17.2 Å². The highest BCUT2D eigenvalue weighted by atomic mass is 16.7. The lowest BCUT2D eigenvalue weighted by molar-refractivity contribution is -0.128. The van der Waals surface area contributed by atoms with Gasteiger partial charge in [-0.15, -0.1) is 0 Å². The fourth-order valence-corrected chi connectivity index (χ4v) is 4.97. The van der Waals surface area contributed by atoms with Crippen molar-refractivity contribution in [3.05, 3.63) is 54.6 Å². The summed E-state index contributed by atoms with van der Waals surface area (Å²) in [6.07, 6.45) is 3.42. The molecule has 4 aliphatic heterocycles. The summed E-state index contributed by atoms with van der Waals surface area (Å²) in [6, 6.07) is 12.5. The maximum Gasteiger partial charge on any atom is 0.234 e. The van der Waals surface area contributed by atoms with Gasteiger partial charge in [-0.1, -0.05) is 12.2 Å². The van der Waals surface area contributed by atoms with E-state index in [4.69, 9.17) is 18.9 Å². The molecular weight excluding hydrogens is 400 g/mol. The van der Waals surface area contributed by atoms with Crippen molar-refractivity contribution in [2.45, 2.75) is 11.7 Å². The maximum absolute atomic E-state index is 13.5. The number of nitrogens with one attached hydrogen (secondary N) is 1. The second-order valence-electron chi connectivity index (χ2n) is 8.08. The Balaban J connectivity index is 1.27. The van der Waals surface area contributed by atoms with Gasteiger partial charge in [0.15, 0.2) is 11.5 Å². The van der Waals surface area contributed by atoms with Gasteiger partial charge in [0.25, 0.3) is 0 Å². The summed E-state index contributed by atoms with van der Waals surface area (Å²) in [5.74, 6) is 0.433. The molecule has 4 aliphatic rings. The number of fused-ring (bicyclic) bond motifs is 2. The van der Waals surface area contributed by atoms with Crippen molar-refractivity contribution in [1.82, 2.24) is 0 Å². The molecule has 6 rings (SSSR count). The summed E-state index contributed by atoms with van der Waals surface area (Å²) < 4.78 is 22.2. The first-order chi connectivity index (χ1) is 15.1. The highest BCUT2D eigenvalue weighted by Crippen LogP contribution is 2.53. The van der Waals surface area contributed by atoms with Crippen molar-refractivity contribution in [1.29, 1.82) is 0 Å². The van der Waals surface area contributed by atoms with Crippen LogP contribution in [-0.2, 0) is 14.3 Å². The Bertz CT molecular complexity index is 1110. The number of anilines is 2. The monoisotopic (exact) mass is 420 g/mol. The number of ether oxygens (including phenoxy) is 4. The Hall–Kier alpha value is -3.52. The number of benzene rings is 2. The molecule has 1 N–H and O–H groups in total. The van der Waals surface area contributed by atoms with Crippen molar-refractivity contribution in [2.24, 2.45) is 11.8 Å². The number of carbonyl (C=O) groups is 2. The van der Waals surface area contributed by atoms with E-state index in [1.807, 2.05) is 18.2 Å². The molecule has 0 aliphatic carbocycles. The third-order valence-electron chi connectivity index (χ3n) is 6.43. The summed E-state index contributed by atoms with van der Waals surface area (Å²) in [6.45, 7) is 0.524. The molecule has 1 spiro atoms. The van der Waals surface area contributed by atoms with Gasteiger partial charge < -0.3 is 29.2 Å². The average Bonchev–Trinajstić information content (AvgIpc) is 3.54. The molecule has 0 saturated carbocycles. The van der Waals surface area contributed by atoms with Crippen molar-refractivity contribution in [2.75, 3.05) is 30.7 Å². The van der Waals surface area contributed by atoms with Gasteiger partial charge in [-0.05, 0) is 36.4 Å². The lowest BCUT2D eigenvalue weighted by Crippen LogP contribution is -2.41. The quantitative estimate of drug-likeness (QED) is 0.765. The first-order valence-corrected chi connectivity index (χ1v) is 10.1. The molecular formula is C23H20N2O6. The van der Waals surface area contributed by atoms with Gasteiger partial charge in [0, 0.05) is 17.4 Å². The van der Waals surface area contributed by atoms with Crippen molar-refractivity contribution >= 4 is 23.2 Å². The lowest BCUT2D eigenvalue weighted by atomic mass is 9.77. The van der Waals surface area contributed by atoms with E-state index in [0.717, 1.165) is 0 Å². The van der Waals surface area contributed by atoms with Gasteiger partial charge in [-0.25, -0.2) is 0 Å². The van der Waals surface area contributed by atoms with Crippen LogP contribution in [0.25, 0.3) is 0 Å². The number of rotatable bonds is 4. The molecule has 0 radical (unpaired) electrons. The van der Waals surface area contributed by atoms with E-state index in [0.29, 0.717) is 35.2 Å². The van der Waals surface area contributed by atoms with Gasteiger partial charge in [0.2, 0.25) is 18.6 Å². The predicted molar refractivity (Wildman–Crippen MR) is 110 cm³/mol. The van der Waals surface area contributed by atoms with Crippen LogP contribution >= 0.6 is 0 Å². The molecule has 158 valence electrons. The molecule has 4 atom stereocenters. The molecule has 4 heterocycles. The zero-order chi connectivity index (χ0) is 21.2. The Morgan fingerprint density at radius 2 is 1.97 bits per heavy atom. The summed E-state index contributed by atoms with van der Waals surface area (Å²) in [4.78, 5) is 28.3. The van der Waals surface area contributed by atoms with E-state index in [9.17, 15) is 9.59 Å². The number of hydrogen-bond donors (Lipinski definition) is 1. The molecule has 2 saturated heterocycles. The standard InChI is InChI=1S/C23H20N2O6/c1-28-15-5-2-13(3-6-15)24-21(26)19-17-8-9-23(31-17)11-25(22(27)20(19)23)14-4-7-16-18(10-14)30-12-29-16/h2-10,17,19-20H,11-12H2,1H3,(H,24,26). The molecule has 2 bridgehead atoms. The highest BCUT2D eigenvalue weighted by Gasteiger charge is 2.67. The maximum atomic E-state index is 13.5. The van der Waals surface area contributed by atoms with E-state index in [2.05, 4.69) is 5.32 Å². The normalized spacial score (nSPS) is 29.4. The minimum absolute atomic E-state index is 0.124. The van der Waals surface area contributed by atoms with Gasteiger partial charge in [0.05, 0.1) is 31.6 Å². The summed E-state index contributed by atoms with van der Waals surface area (Å²) in [5.41, 5.74) is 0.553. The van der Waals surface area contributed by atoms with Crippen LogP contribution in [0.1, 0.15) is 0 Å². The van der Waals surface area contributed by atoms with E-state index in [1.165, 1.54) is 0 Å². The molecule has 4 unspecified atom stereocenters.